The van der Waals surface area contributed by atoms with E-state index >= 15 is 0 Å². The summed E-state index contributed by atoms with van der Waals surface area (Å²) in [6, 6.07) is 14.3. The summed E-state index contributed by atoms with van der Waals surface area (Å²) in [6.45, 7) is 3.93. The minimum Gasteiger partial charge on any atom is -0.497 e. The minimum absolute atomic E-state index is 0.166. The molecule has 1 N–H and O–H groups in total. The van der Waals surface area contributed by atoms with E-state index < -0.39 is 6.10 Å². The van der Waals surface area contributed by atoms with Gasteiger partial charge in [0.15, 0.2) is 6.10 Å². The molecule has 0 bridgehead atoms. The van der Waals surface area contributed by atoms with Gasteiger partial charge in [0.25, 0.3) is 5.91 Å². The Morgan fingerprint density at radius 2 is 1.54 bits per heavy atom. The van der Waals surface area contributed by atoms with Crippen molar-refractivity contribution in [3.05, 3.63) is 48.5 Å². The molecular formula is C20H25NO5. The molecule has 2 rings (SSSR count). The molecular weight excluding hydrogens is 334 g/mol. The molecule has 2 atom stereocenters. The van der Waals surface area contributed by atoms with E-state index in [4.69, 9.17) is 18.9 Å². The van der Waals surface area contributed by atoms with Gasteiger partial charge in [-0.15, -0.1) is 0 Å². The van der Waals surface area contributed by atoms with Crippen LogP contribution < -0.4 is 24.3 Å². The van der Waals surface area contributed by atoms with Crippen LogP contribution in [0.4, 0.5) is 0 Å². The van der Waals surface area contributed by atoms with Crippen molar-refractivity contribution in [2.24, 2.45) is 0 Å². The van der Waals surface area contributed by atoms with E-state index in [0.29, 0.717) is 23.9 Å². The fraction of sp³-hybridized carbons (Fsp3) is 0.350. The second-order valence-corrected chi connectivity index (χ2v) is 5.84. The Labute approximate surface area is 154 Å². The molecule has 0 spiro atoms. The van der Waals surface area contributed by atoms with Crippen LogP contribution in [0, 0.1) is 0 Å². The molecule has 0 heterocycles. The third kappa shape index (κ3) is 5.88. The van der Waals surface area contributed by atoms with Crippen LogP contribution in [0.2, 0.25) is 0 Å². The molecule has 1 amide bonds. The second kappa shape index (κ2) is 9.56. The smallest absolute Gasteiger partial charge is 0.261 e. The molecule has 0 aliphatic carbocycles. The molecule has 0 aliphatic heterocycles. The van der Waals surface area contributed by atoms with E-state index in [2.05, 4.69) is 5.32 Å². The molecule has 6 heteroatoms. The van der Waals surface area contributed by atoms with Crippen LogP contribution in [0.3, 0.4) is 0 Å². The van der Waals surface area contributed by atoms with Crippen molar-refractivity contribution >= 4 is 5.91 Å². The number of methoxy groups -OCH3 is 2. The van der Waals surface area contributed by atoms with Gasteiger partial charge in [0.1, 0.15) is 29.6 Å². The second-order valence-electron chi connectivity index (χ2n) is 5.84. The lowest BCUT2D eigenvalue weighted by molar-refractivity contribution is -0.128. The highest BCUT2D eigenvalue weighted by Gasteiger charge is 2.17. The summed E-state index contributed by atoms with van der Waals surface area (Å²) >= 11 is 0. The van der Waals surface area contributed by atoms with Gasteiger partial charge in [-0.2, -0.15) is 0 Å². The van der Waals surface area contributed by atoms with Gasteiger partial charge in [-0.1, -0.05) is 6.07 Å². The van der Waals surface area contributed by atoms with E-state index in [0.717, 1.165) is 5.75 Å². The topological polar surface area (TPSA) is 66.0 Å². The van der Waals surface area contributed by atoms with E-state index in [1.165, 1.54) is 0 Å². The fourth-order valence-electron chi connectivity index (χ4n) is 2.23. The van der Waals surface area contributed by atoms with Crippen LogP contribution in [-0.2, 0) is 4.79 Å². The molecule has 0 radical (unpaired) electrons. The van der Waals surface area contributed by atoms with E-state index in [-0.39, 0.29) is 11.9 Å². The zero-order valence-electron chi connectivity index (χ0n) is 15.5. The van der Waals surface area contributed by atoms with Crippen molar-refractivity contribution in [1.82, 2.24) is 5.32 Å². The van der Waals surface area contributed by atoms with Crippen LogP contribution in [0.25, 0.3) is 0 Å². The van der Waals surface area contributed by atoms with Gasteiger partial charge in [-0.25, -0.2) is 0 Å². The van der Waals surface area contributed by atoms with Gasteiger partial charge in [0.2, 0.25) is 0 Å². The van der Waals surface area contributed by atoms with Crippen molar-refractivity contribution in [3.63, 3.8) is 0 Å². The van der Waals surface area contributed by atoms with Crippen LogP contribution in [0.15, 0.2) is 48.5 Å². The van der Waals surface area contributed by atoms with Gasteiger partial charge in [-0.3, -0.25) is 4.79 Å². The number of hydrogen-bond donors (Lipinski definition) is 1. The lowest BCUT2D eigenvalue weighted by Gasteiger charge is -2.19. The predicted molar refractivity (Wildman–Crippen MR) is 99.2 cm³/mol. The van der Waals surface area contributed by atoms with Gasteiger partial charge >= 0.3 is 0 Å². The number of carbonyl (C=O) groups excluding carboxylic acids is 1. The number of benzene rings is 2. The number of carbonyl (C=O) groups is 1. The zero-order chi connectivity index (χ0) is 18.9. The Hall–Kier alpha value is -2.89. The summed E-state index contributed by atoms with van der Waals surface area (Å²) in [5, 5.41) is 2.88. The summed E-state index contributed by atoms with van der Waals surface area (Å²) in [5.74, 6) is 2.53. The van der Waals surface area contributed by atoms with Crippen molar-refractivity contribution in [2.45, 2.75) is 26.0 Å². The molecule has 6 nitrogen and oxygen atoms in total. The quantitative estimate of drug-likeness (QED) is 0.745. The first kappa shape index (κ1) is 19.4. The standard InChI is InChI=1S/C20H25NO5/c1-14(13-25-17-10-8-16(23-3)9-11-17)21-20(22)15(2)26-19-7-5-6-18(12-19)24-4/h5-12,14-15H,13H2,1-4H3,(H,21,22)/t14-,15-/m1/s1. The minimum atomic E-state index is -0.634. The average Bonchev–Trinajstić information content (AvgIpc) is 2.66. The summed E-state index contributed by atoms with van der Waals surface area (Å²) in [6.07, 6.45) is -0.634. The highest BCUT2D eigenvalue weighted by molar-refractivity contribution is 5.81. The third-order valence-electron chi connectivity index (χ3n) is 3.67. The van der Waals surface area contributed by atoms with Crippen molar-refractivity contribution < 1.29 is 23.7 Å². The average molecular weight is 359 g/mol. The molecule has 0 aliphatic rings. The van der Waals surface area contributed by atoms with Gasteiger partial charge in [-0.05, 0) is 50.2 Å². The number of hydrogen-bond acceptors (Lipinski definition) is 5. The molecule has 0 fully saturated rings. The maximum absolute atomic E-state index is 12.3. The third-order valence-corrected chi connectivity index (χ3v) is 3.67. The van der Waals surface area contributed by atoms with Crippen molar-refractivity contribution in [2.75, 3.05) is 20.8 Å². The van der Waals surface area contributed by atoms with E-state index in [1.54, 1.807) is 33.3 Å². The van der Waals surface area contributed by atoms with E-state index in [9.17, 15) is 4.79 Å². The molecule has 140 valence electrons. The molecule has 0 unspecified atom stereocenters. The fourth-order valence-corrected chi connectivity index (χ4v) is 2.23. The molecule has 26 heavy (non-hydrogen) atoms. The van der Waals surface area contributed by atoms with Crippen molar-refractivity contribution in [3.8, 4) is 23.0 Å². The number of rotatable bonds is 9. The normalized spacial score (nSPS) is 12.6. The monoisotopic (exact) mass is 359 g/mol. The molecule has 2 aromatic carbocycles. The lowest BCUT2D eigenvalue weighted by atomic mass is 10.3. The van der Waals surface area contributed by atoms with Gasteiger partial charge < -0.3 is 24.3 Å². The predicted octanol–water partition coefficient (Wildman–Crippen LogP) is 3.05. The summed E-state index contributed by atoms with van der Waals surface area (Å²) in [4.78, 5) is 12.3. The first-order chi connectivity index (χ1) is 12.5. The Morgan fingerprint density at radius 1 is 0.923 bits per heavy atom. The Balaban J connectivity index is 1.79. The van der Waals surface area contributed by atoms with Gasteiger partial charge in [0.05, 0.1) is 20.3 Å². The van der Waals surface area contributed by atoms with Crippen LogP contribution in [0.1, 0.15) is 13.8 Å². The van der Waals surface area contributed by atoms with Crippen molar-refractivity contribution in [1.29, 1.82) is 0 Å². The first-order valence-electron chi connectivity index (χ1n) is 8.39. The first-order valence-corrected chi connectivity index (χ1v) is 8.39. The summed E-state index contributed by atoms with van der Waals surface area (Å²) in [5.41, 5.74) is 0. The number of nitrogens with one attached hydrogen (secondary N) is 1. The summed E-state index contributed by atoms with van der Waals surface area (Å²) < 4.78 is 21.6. The largest absolute Gasteiger partial charge is 0.497 e. The Bertz CT molecular complexity index is 702. The maximum atomic E-state index is 12.3. The van der Waals surface area contributed by atoms with Crippen LogP contribution >= 0.6 is 0 Å². The number of ether oxygens (including phenoxy) is 4. The summed E-state index contributed by atoms with van der Waals surface area (Å²) in [7, 11) is 3.20. The van der Waals surface area contributed by atoms with Crippen LogP contribution in [0.5, 0.6) is 23.0 Å². The Morgan fingerprint density at radius 3 is 2.19 bits per heavy atom. The van der Waals surface area contributed by atoms with Gasteiger partial charge in [0, 0.05) is 6.07 Å². The zero-order valence-corrected chi connectivity index (χ0v) is 15.5. The SMILES string of the molecule is COc1ccc(OC[C@@H](C)NC(=O)[C@@H](C)Oc2cccc(OC)c2)cc1. The molecule has 0 aromatic heterocycles. The van der Waals surface area contributed by atoms with E-state index in [1.807, 2.05) is 43.3 Å². The van der Waals surface area contributed by atoms with Crippen LogP contribution in [-0.4, -0.2) is 38.9 Å². The maximum Gasteiger partial charge on any atom is 0.261 e. The molecule has 2 aromatic rings. The highest BCUT2D eigenvalue weighted by Crippen LogP contribution is 2.20. The molecule has 0 saturated carbocycles. The molecule has 0 saturated heterocycles. The highest BCUT2D eigenvalue weighted by atomic mass is 16.5. The number of amides is 1. The lowest BCUT2D eigenvalue weighted by Crippen LogP contribution is -2.43. The Kier molecular flexibility index (Phi) is 7.14.